The zero-order valence-corrected chi connectivity index (χ0v) is 11.1. The van der Waals surface area contributed by atoms with Gasteiger partial charge in [0.25, 0.3) is 11.4 Å². The number of carboxylic acids is 1. The van der Waals surface area contributed by atoms with E-state index in [1.54, 1.807) is 0 Å². The van der Waals surface area contributed by atoms with Gasteiger partial charge < -0.3 is 16.2 Å². The number of hydrogen-bond acceptors (Lipinski definition) is 7. The molecule has 4 N–H and O–H groups in total. The SMILES string of the molecule is NC(=O)CCC(Nc1ccc([N+](=O)[O-])cc1[N+](=O)[O-])C(=O)O. The molecule has 11 heteroatoms. The molecule has 1 aromatic rings. The highest BCUT2D eigenvalue weighted by Gasteiger charge is 2.24. The monoisotopic (exact) mass is 312 g/mol. The van der Waals surface area contributed by atoms with Crippen molar-refractivity contribution in [2.24, 2.45) is 5.73 Å². The molecule has 0 aromatic heterocycles. The van der Waals surface area contributed by atoms with E-state index in [2.05, 4.69) is 5.32 Å². The lowest BCUT2D eigenvalue weighted by Crippen LogP contribution is -2.31. The molecule has 0 aliphatic rings. The Morgan fingerprint density at radius 3 is 2.36 bits per heavy atom. The van der Waals surface area contributed by atoms with E-state index in [0.717, 1.165) is 18.2 Å². The molecule has 0 aliphatic heterocycles. The molecule has 0 fully saturated rings. The fourth-order valence-corrected chi connectivity index (χ4v) is 1.64. The van der Waals surface area contributed by atoms with Crippen molar-refractivity contribution in [2.45, 2.75) is 18.9 Å². The average Bonchev–Trinajstić information content (AvgIpc) is 2.42. The van der Waals surface area contributed by atoms with E-state index in [0.29, 0.717) is 0 Å². The first-order valence-electron chi connectivity index (χ1n) is 5.93. The highest BCUT2D eigenvalue weighted by molar-refractivity contribution is 5.81. The van der Waals surface area contributed by atoms with E-state index >= 15 is 0 Å². The first kappa shape index (κ1) is 16.8. The van der Waals surface area contributed by atoms with E-state index in [1.165, 1.54) is 0 Å². The number of aliphatic carboxylic acids is 1. The van der Waals surface area contributed by atoms with Gasteiger partial charge in [-0.05, 0) is 12.5 Å². The number of hydrogen-bond donors (Lipinski definition) is 3. The van der Waals surface area contributed by atoms with Gasteiger partial charge in [-0.3, -0.25) is 25.0 Å². The molecule has 0 bridgehead atoms. The summed E-state index contributed by atoms with van der Waals surface area (Å²) < 4.78 is 0. The minimum atomic E-state index is -1.34. The zero-order valence-electron chi connectivity index (χ0n) is 11.1. The summed E-state index contributed by atoms with van der Waals surface area (Å²) in [7, 11) is 0. The van der Waals surface area contributed by atoms with Gasteiger partial charge in [0.15, 0.2) is 0 Å². The highest BCUT2D eigenvalue weighted by atomic mass is 16.6. The summed E-state index contributed by atoms with van der Waals surface area (Å²) >= 11 is 0. The molecule has 0 spiro atoms. The van der Waals surface area contributed by atoms with Gasteiger partial charge in [-0.2, -0.15) is 0 Å². The van der Waals surface area contributed by atoms with Crippen LogP contribution < -0.4 is 11.1 Å². The van der Waals surface area contributed by atoms with E-state index in [1.807, 2.05) is 0 Å². The third kappa shape index (κ3) is 4.40. The van der Waals surface area contributed by atoms with Crippen molar-refractivity contribution in [3.05, 3.63) is 38.4 Å². The number of anilines is 1. The van der Waals surface area contributed by atoms with Crippen molar-refractivity contribution < 1.29 is 24.5 Å². The first-order chi connectivity index (χ1) is 10.2. The van der Waals surface area contributed by atoms with E-state index in [4.69, 9.17) is 10.8 Å². The molecule has 0 saturated carbocycles. The topological polar surface area (TPSA) is 179 Å². The van der Waals surface area contributed by atoms with E-state index < -0.39 is 39.1 Å². The number of amides is 1. The van der Waals surface area contributed by atoms with Crippen molar-refractivity contribution in [3.8, 4) is 0 Å². The zero-order chi connectivity index (χ0) is 16.9. The van der Waals surface area contributed by atoms with Gasteiger partial charge >= 0.3 is 5.97 Å². The molecule has 1 unspecified atom stereocenters. The second-order valence-corrected chi connectivity index (χ2v) is 4.26. The third-order valence-corrected chi connectivity index (χ3v) is 2.70. The number of carboxylic acid groups (broad SMARTS) is 1. The Balaban J connectivity index is 3.08. The summed E-state index contributed by atoms with van der Waals surface area (Å²) in [6.45, 7) is 0. The van der Waals surface area contributed by atoms with Gasteiger partial charge in [-0.1, -0.05) is 0 Å². The number of non-ortho nitro benzene ring substituents is 1. The normalized spacial score (nSPS) is 11.5. The van der Waals surface area contributed by atoms with Crippen LogP contribution in [0.4, 0.5) is 17.1 Å². The molecule has 1 atom stereocenters. The Kier molecular flexibility index (Phi) is 5.32. The molecule has 0 aliphatic carbocycles. The van der Waals surface area contributed by atoms with E-state index in [-0.39, 0.29) is 18.5 Å². The summed E-state index contributed by atoms with van der Waals surface area (Å²) in [5.41, 5.74) is 3.58. The second-order valence-electron chi connectivity index (χ2n) is 4.26. The Labute approximate surface area is 123 Å². The fourth-order valence-electron chi connectivity index (χ4n) is 1.64. The molecule has 0 heterocycles. The van der Waals surface area contributed by atoms with Crippen LogP contribution in [-0.2, 0) is 9.59 Å². The molecular weight excluding hydrogens is 300 g/mol. The van der Waals surface area contributed by atoms with Crippen LogP contribution in [0.25, 0.3) is 0 Å². The maximum Gasteiger partial charge on any atom is 0.326 e. The molecule has 11 nitrogen and oxygen atoms in total. The van der Waals surface area contributed by atoms with Crippen molar-refractivity contribution in [1.82, 2.24) is 0 Å². The Bertz CT molecular complexity index is 631. The molecule has 1 amide bonds. The third-order valence-electron chi connectivity index (χ3n) is 2.70. The van der Waals surface area contributed by atoms with Gasteiger partial charge in [0.05, 0.1) is 15.9 Å². The number of nitrogens with zero attached hydrogens (tertiary/aromatic N) is 2. The van der Waals surface area contributed by atoms with E-state index in [9.17, 15) is 29.8 Å². The van der Waals surface area contributed by atoms with Crippen molar-refractivity contribution in [2.75, 3.05) is 5.32 Å². The molecule has 22 heavy (non-hydrogen) atoms. The molecule has 1 rings (SSSR count). The Hall–Kier alpha value is -3.24. The predicted octanol–water partition coefficient (Wildman–Crippen LogP) is 0.634. The van der Waals surface area contributed by atoms with Crippen LogP contribution in [0, 0.1) is 20.2 Å². The number of rotatable bonds is 8. The summed E-state index contributed by atoms with van der Waals surface area (Å²) in [6, 6.07) is 1.46. The standard InChI is InChI=1S/C11H12N4O7/c12-10(16)4-3-8(11(17)18)13-7-2-1-6(14(19)20)5-9(7)15(21)22/h1-2,5,8,13H,3-4H2,(H2,12,16)(H,17,18). The fraction of sp³-hybridized carbons (Fsp3) is 0.273. The summed E-state index contributed by atoms with van der Waals surface area (Å²) in [5.74, 6) is -2.06. The molecule has 0 saturated heterocycles. The van der Waals surface area contributed by atoms with Crippen molar-refractivity contribution >= 4 is 28.9 Å². The number of nitro groups is 2. The largest absolute Gasteiger partial charge is 0.480 e. The lowest BCUT2D eigenvalue weighted by molar-refractivity contribution is -0.393. The van der Waals surface area contributed by atoms with Crippen LogP contribution in [0.2, 0.25) is 0 Å². The Morgan fingerprint density at radius 2 is 1.91 bits per heavy atom. The number of nitrogens with one attached hydrogen (secondary N) is 1. The van der Waals surface area contributed by atoms with Gasteiger partial charge in [0, 0.05) is 12.5 Å². The van der Waals surface area contributed by atoms with Crippen LogP contribution in [0.5, 0.6) is 0 Å². The molecule has 0 radical (unpaired) electrons. The van der Waals surface area contributed by atoms with Crippen LogP contribution in [-0.4, -0.2) is 32.9 Å². The number of nitro benzene ring substituents is 2. The van der Waals surface area contributed by atoms with Gasteiger partial charge in [-0.15, -0.1) is 0 Å². The summed E-state index contributed by atoms with van der Waals surface area (Å²) in [4.78, 5) is 41.6. The van der Waals surface area contributed by atoms with Crippen LogP contribution in [0.1, 0.15) is 12.8 Å². The highest BCUT2D eigenvalue weighted by Crippen LogP contribution is 2.29. The minimum absolute atomic E-state index is 0.182. The predicted molar refractivity (Wildman–Crippen MR) is 73.2 cm³/mol. The average molecular weight is 312 g/mol. The summed E-state index contributed by atoms with van der Waals surface area (Å²) in [5, 5.41) is 33.0. The number of nitrogens with two attached hydrogens (primary N) is 1. The van der Waals surface area contributed by atoms with Gasteiger partial charge in [0.1, 0.15) is 11.7 Å². The van der Waals surface area contributed by atoms with Crippen LogP contribution >= 0.6 is 0 Å². The smallest absolute Gasteiger partial charge is 0.326 e. The molecule has 1 aromatic carbocycles. The lowest BCUT2D eigenvalue weighted by Gasteiger charge is -2.14. The van der Waals surface area contributed by atoms with Gasteiger partial charge in [0.2, 0.25) is 5.91 Å². The minimum Gasteiger partial charge on any atom is -0.480 e. The first-order valence-corrected chi connectivity index (χ1v) is 5.93. The number of primary amides is 1. The molecule has 118 valence electrons. The van der Waals surface area contributed by atoms with Crippen LogP contribution in [0.3, 0.4) is 0 Å². The van der Waals surface area contributed by atoms with Crippen molar-refractivity contribution in [3.63, 3.8) is 0 Å². The number of carbonyl (C=O) groups is 2. The number of benzene rings is 1. The maximum absolute atomic E-state index is 11.1. The molecular formula is C11H12N4O7. The van der Waals surface area contributed by atoms with Crippen LogP contribution in [0.15, 0.2) is 18.2 Å². The maximum atomic E-state index is 11.1. The lowest BCUT2D eigenvalue weighted by atomic mass is 10.1. The second kappa shape index (κ2) is 6.97. The Morgan fingerprint density at radius 1 is 1.27 bits per heavy atom. The quantitative estimate of drug-likeness (QED) is 0.461. The van der Waals surface area contributed by atoms with Gasteiger partial charge in [-0.25, -0.2) is 4.79 Å². The van der Waals surface area contributed by atoms with Crippen molar-refractivity contribution in [1.29, 1.82) is 0 Å². The number of carbonyl (C=O) groups excluding carboxylic acids is 1. The summed E-state index contributed by atoms with van der Waals surface area (Å²) in [6.07, 6.45) is -0.413.